The van der Waals surface area contributed by atoms with Crippen LogP contribution in [0.5, 0.6) is 0 Å². The van der Waals surface area contributed by atoms with Gasteiger partial charge in [0.15, 0.2) is 0 Å². The zero-order chi connectivity index (χ0) is 16.4. The van der Waals surface area contributed by atoms with Gasteiger partial charge in [0.25, 0.3) is 0 Å². The van der Waals surface area contributed by atoms with E-state index >= 15 is 0 Å². The van der Waals surface area contributed by atoms with Crippen molar-refractivity contribution < 1.29 is 4.79 Å². The zero-order valence-corrected chi connectivity index (χ0v) is 14.4. The molecule has 4 nitrogen and oxygen atoms in total. The molecule has 23 heavy (non-hydrogen) atoms. The van der Waals surface area contributed by atoms with E-state index in [-0.39, 0.29) is 11.9 Å². The lowest BCUT2D eigenvalue weighted by atomic mass is 10.0. The minimum absolute atomic E-state index is 0.0170. The summed E-state index contributed by atoms with van der Waals surface area (Å²) in [6.07, 6.45) is 0. The average Bonchev–Trinajstić information content (AvgIpc) is 3.14. The third-order valence-electron chi connectivity index (χ3n) is 3.98. The largest absolute Gasteiger partial charge is 0.347 e. The topological polar surface area (TPSA) is 46.9 Å². The normalized spacial score (nSPS) is 12.7. The molecule has 0 saturated heterocycles. The summed E-state index contributed by atoms with van der Waals surface area (Å²) >= 11 is 1.68. The first kappa shape index (κ1) is 15.7. The van der Waals surface area contributed by atoms with Gasteiger partial charge in [0.1, 0.15) is 12.4 Å². The molecule has 0 bridgehead atoms. The summed E-state index contributed by atoms with van der Waals surface area (Å²) in [6.45, 7) is 6.48. The van der Waals surface area contributed by atoms with Crippen molar-refractivity contribution in [3.63, 3.8) is 0 Å². The Balaban J connectivity index is 1.79. The predicted octanol–water partition coefficient (Wildman–Crippen LogP) is 3.92. The number of hydrogen-bond donors (Lipinski definition) is 1. The first-order chi connectivity index (χ1) is 11.1. The van der Waals surface area contributed by atoms with E-state index in [2.05, 4.69) is 30.2 Å². The van der Waals surface area contributed by atoms with Crippen molar-refractivity contribution in [2.75, 3.05) is 0 Å². The van der Waals surface area contributed by atoms with Crippen LogP contribution in [-0.2, 0) is 11.3 Å². The highest BCUT2D eigenvalue weighted by atomic mass is 32.1. The minimum Gasteiger partial charge on any atom is -0.347 e. The van der Waals surface area contributed by atoms with Crippen LogP contribution < -0.4 is 5.32 Å². The number of benzene rings is 1. The van der Waals surface area contributed by atoms with Crippen molar-refractivity contribution in [3.8, 4) is 0 Å². The molecule has 120 valence electrons. The maximum atomic E-state index is 12.6. The smallest absolute Gasteiger partial charge is 0.240 e. The standard InChI is InChI=1S/C18H21N3OS/c1-12(2)18(16-9-6-10-23-16)20-17(22)11-21-13(3)19-14-7-4-5-8-15(14)21/h4-10,12,18H,11H2,1-3H3,(H,20,22)/t18-/m0/s1. The van der Waals surface area contributed by atoms with Crippen LogP contribution in [0.3, 0.4) is 0 Å². The third kappa shape index (κ3) is 3.29. The summed E-state index contributed by atoms with van der Waals surface area (Å²) in [7, 11) is 0. The number of imidazole rings is 1. The molecule has 1 amide bonds. The first-order valence-corrected chi connectivity index (χ1v) is 8.69. The fourth-order valence-electron chi connectivity index (χ4n) is 2.79. The molecule has 0 aliphatic heterocycles. The highest BCUT2D eigenvalue weighted by molar-refractivity contribution is 7.10. The Bertz CT molecular complexity index is 805. The quantitative estimate of drug-likeness (QED) is 0.772. The molecule has 2 heterocycles. The van der Waals surface area contributed by atoms with E-state index in [9.17, 15) is 4.79 Å². The maximum Gasteiger partial charge on any atom is 0.240 e. The highest BCUT2D eigenvalue weighted by Crippen LogP contribution is 2.26. The Morgan fingerprint density at radius 3 is 2.74 bits per heavy atom. The molecule has 1 aromatic carbocycles. The Kier molecular flexibility index (Phi) is 4.48. The van der Waals surface area contributed by atoms with Gasteiger partial charge in [-0.1, -0.05) is 32.0 Å². The number of aryl methyl sites for hydroxylation is 1. The number of carbonyl (C=O) groups is 1. The second kappa shape index (κ2) is 6.54. The minimum atomic E-state index is 0.0170. The number of nitrogens with one attached hydrogen (secondary N) is 1. The van der Waals surface area contributed by atoms with Crippen molar-refractivity contribution in [2.24, 2.45) is 5.92 Å². The molecule has 0 unspecified atom stereocenters. The van der Waals surface area contributed by atoms with Crippen LogP contribution in [0, 0.1) is 12.8 Å². The van der Waals surface area contributed by atoms with Gasteiger partial charge in [-0.15, -0.1) is 11.3 Å². The zero-order valence-electron chi connectivity index (χ0n) is 13.6. The summed E-state index contributed by atoms with van der Waals surface area (Å²) in [5, 5.41) is 5.22. The Hall–Kier alpha value is -2.14. The van der Waals surface area contributed by atoms with Crippen LogP contribution in [-0.4, -0.2) is 15.5 Å². The number of thiophene rings is 1. The van der Waals surface area contributed by atoms with Crippen LogP contribution in [0.2, 0.25) is 0 Å². The van der Waals surface area contributed by atoms with Crippen molar-refractivity contribution in [3.05, 3.63) is 52.5 Å². The van der Waals surface area contributed by atoms with Crippen LogP contribution in [0.15, 0.2) is 41.8 Å². The van der Waals surface area contributed by atoms with Crippen LogP contribution in [0.4, 0.5) is 0 Å². The summed E-state index contributed by atoms with van der Waals surface area (Å²) in [5.41, 5.74) is 1.92. The van der Waals surface area contributed by atoms with Gasteiger partial charge >= 0.3 is 0 Å². The van der Waals surface area contributed by atoms with E-state index in [4.69, 9.17) is 0 Å². The Morgan fingerprint density at radius 1 is 1.26 bits per heavy atom. The van der Waals surface area contributed by atoms with Crippen molar-refractivity contribution in [1.29, 1.82) is 0 Å². The number of rotatable bonds is 5. The number of para-hydroxylation sites is 2. The van der Waals surface area contributed by atoms with Crippen LogP contribution >= 0.6 is 11.3 Å². The molecule has 1 atom stereocenters. The molecule has 3 rings (SSSR count). The van der Waals surface area contributed by atoms with E-state index in [1.54, 1.807) is 11.3 Å². The monoisotopic (exact) mass is 327 g/mol. The average molecular weight is 327 g/mol. The second-order valence-electron chi connectivity index (χ2n) is 6.04. The number of amides is 1. The number of nitrogens with zero attached hydrogens (tertiary/aromatic N) is 2. The molecule has 0 radical (unpaired) electrons. The van der Waals surface area contributed by atoms with Gasteiger partial charge in [-0.2, -0.15) is 0 Å². The van der Waals surface area contributed by atoms with Gasteiger partial charge < -0.3 is 9.88 Å². The highest BCUT2D eigenvalue weighted by Gasteiger charge is 2.20. The molecule has 0 saturated carbocycles. The van der Waals surface area contributed by atoms with Gasteiger partial charge in [0.05, 0.1) is 17.1 Å². The molecule has 3 aromatic rings. The third-order valence-corrected chi connectivity index (χ3v) is 4.94. The number of carbonyl (C=O) groups excluding carboxylic acids is 1. The van der Waals surface area contributed by atoms with E-state index in [0.29, 0.717) is 12.5 Å². The summed E-state index contributed by atoms with van der Waals surface area (Å²) in [6, 6.07) is 12.1. The van der Waals surface area contributed by atoms with Gasteiger partial charge in [0, 0.05) is 4.88 Å². The molecule has 0 fully saturated rings. The molecule has 0 aliphatic rings. The van der Waals surface area contributed by atoms with E-state index in [1.165, 1.54) is 4.88 Å². The molecular formula is C18H21N3OS. The lowest BCUT2D eigenvalue weighted by molar-refractivity contribution is -0.122. The van der Waals surface area contributed by atoms with Gasteiger partial charge in [0.2, 0.25) is 5.91 Å². The van der Waals surface area contributed by atoms with Gasteiger partial charge in [-0.25, -0.2) is 4.98 Å². The number of fused-ring (bicyclic) bond motifs is 1. The van der Waals surface area contributed by atoms with Gasteiger partial charge in [-0.3, -0.25) is 4.79 Å². The maximum absolute atomic E-state index is 12.6. The van der Waals surface area contributed by atoms with Crippen LogP contribution in [0.1, 0.15) is 30.6 Å². The molecular weight excluding hydrogens is 306 g/mol. The fourth-order valence-corrected chi connectivity index (χ4v) is 3.74. The summed E-state index contributed by atoms with van der Waals surface area (Å²) < 4.78 is 1.97. The van der Waals surface area contributed by atoms with Crippen LogP contribution in [0.25, 0.3) is 11.0 Å². The van der Waals surface area contributed by atoms with Gasteiger partial charge in [-0.05, 0) is 36.4 Å². The Morgan fingerprint density at radius 2 is 2.04 bits per heavy atom. The van der Waals surface area contributed by atoms with Crippen molar-refractivity contribution in [2.45, 2.75) is 33.4 Å². The lowest BCUT2D eigenvalue weighted by Gasteiger charge is -2.21. The first-order valence-electron chi connectivity index (χ1n) is 7.81. The van der Waals surface area contributed by atoms with E-state index in [1.807, 2.05) is 47.2 Å². The summed E-state index contributed by atoms with van der Waals surface area (Å²) in [4.78, 5) is 18.3. The lowest BCUT2D eigenvalue weighted by Crippen LogP contribution is -2.34. The summed E-state index contributed by atoms with van der Waals surface area (Å²) in [5.74, 6) is 1.22. The molecule has 5 heteroatoms. The Labute approximate surface area is 140 Å². The van der Waals surface area contributed by atoms with E-state index in [0.717, 1.165) is 16.9 Å². The second-order valence-corrected chi connectivity index (χ2v) is 7.02. The van der Waals surface area contributed by atoms with E-state index < -0.39 is 0 Å². The molecule has 2 aromatic heterocycles. The molecule has 1 N–H and O–H groups in total. The number of hydrogen-bond acceptors (Lipinski definition) is 3. The molecule has 0 spiro atoms. The predicted molar refractivity (Wildman–Crippen MR) is 94.5 cm³/mol. The molecule has 0 aliphatic carbocycles. The fraction of sp³-hybridized carbons (Fsp3) is 0.333. The SMILES string of the molecule is Cc1nc2ccccc2n1CC(=O)N[C@H](c1cccs1)C(C)C. The van der Waals surface area contributed by atoms with Crippen molar-refractivity contribution >= 4 is 28.3 Å². The number of aromatic nitrogens is 2. The van der Waals surface area contributed by atoms with Crippen molar-refractivity contribution in [1.82, 2.24) is 14.9 Å².